The highest BCUT2D eigenvalue weighted by molar-refractivity contribution is 5.33. The van der Waals surface area contributed by atoms with Crippen LogP contribution in [0.3, 0.4) is 0 Å². The average molecular weight is 265 g/mol. The molecule has 0 amide bonds. The van der Waals surface area contributed by atoms with E-state index in [1.165, 1.54) is 0 Å². The van der Waals surface area contributed by atoms with Crippen molar-refractivity contribution in [3.8, 4) is 5.75 Å². The number of likely N-dealkylation sites (N-methyl/N-ethyl adjacent to an activating group) is 1. The molecule has 0 radical (unpaired) electrons. The molecule has 1 fully saturated rings. The molecule has 1 N–H and O–H groups in total. The maximum atomic E-state index is 10.5. The lowest BCUT2D eigenvalue weighted by molar-refractivity contribution is -0.0777. The van der Waals surface area contributed by atoms with Crippen LogP contribution in [-0.2, 0) is 11.3 Å². The highest BCUT2D eigenvalue weighted by atomic mass is 16.5. The Kier molecular flexibility index (Phi) is 4.80. The first-order valence-electron chi connectivity index (χ1n) is 6.73. The molecule has 0 aromatic heterocycles. The van der Waals surface area contributed by atoms with Crippen LogP contribution in [-0.4, -0.2) is 49.5 Å². The fraction of sp³-hybridized carbons (Fsp3) is 0.600. The molecule has 0 saturated carbocycles. The number of ether oxygens (including phenoxy) is 2. The van der Waals surface area contributed by atoms with Crippen molar-refractivity contribution in [1.29, 1.82) is 0 Å². The van der Waals surface area contributed by atoms with Gasteiger partial charge in [0.2, 0.25) is 0 Å². The largest absolute Gasteiger partial charge is 0.496 e. The van der Waals surface area contributed by atoms with Crippen molar-refractivity contribution in [2.75, 3.05) is 33.9 Å². The SMILES string of the molecule is COc1ccccc1CN(C)CC1(O)CCOCC1. The third-order valence-corrected chi connectivity index (χ3v) is 3.62. The van der Waals surface area contributed by atoms with E-state index in [0.717, 1.165) is 17.9 Å². The summed E-state index contributed by atoms with van der Waals surface area (Å²) in [4.78, 5) is 2.14. The van der Waals surface area contributed by atoms with Crippen LogP contribution in [0.5, 0.6) is 5.75 Å². The van der Waals surface area contributed by atoms with Crippen LogP contribution in [0.4, 0.5) is 0 Å². The third kappa shape index (κ3) is 3.93. The van der Waals surface area contributed by atoms with Gasteiger partial charge in [0.15, 0.2) is 0 Å². The molecule has 1 aliphatic rings. The van der Waals surface area contributed by atoms with Crippen LogP contribution in [0, 0.1) is 0 Å². The lowest BCUT2D eigenvalue weighted by Crippen LogP contribution is -2.45. The van der Waals surface area contributed by atoms with Gasteiger partial charge in [0.25, 0.3) is 0 Å². The van der Waals surface area contributed by atoms with Gasteiger partial charge in [0.05, 0.1) is 12.7 Å². The minimum atomic E-state index is -0.616. The molecule has 1 aliphatic heterocycles. The maximum absolute atomic E-state index is 10.5. The highest BCUT2D eigenvalue weighted by Gasteiger charge is 2.31. The topological polar surface area (TPSA) is 41.9 Å². The summed E-state index contributed by atoms with van der Waals surface area (Å²) in [7, 11) is 3.71. The Bertz CT molecular complexity index is 402. The van der Waals surface area contributed by atoms with Gasteiger partial charge in [-0.05, 0) is 13.1 Å². The third-order valence-electron chi connectivity index (χ3n) is 3.62. The Labute approximate surface area is 114 Å². The van der Waals surface area contributed by atoms with E-state index in [2.05, 4.69) is 11.0 Å². The van der Waals surface area contributed by atoms with E-state index in [9.17, 15) is 5.11 Å². The number of rotatable bonds is 5. The molecule has 1 saturated heterocycles. The molecule has 2 rings (SSSR count). The van der Waals surface area contributed by atoms with Crippen molar-refractivity contribution in [2.45, 2.75) is 25.0 Å². The van der Waals surface area contributed by atoms with E-state index in [1.807, 2.05) is 25.2 Å². The zero-order valence-electron chi connectivity index (χ0n) is 11.8. The molecule has 1 aromatic rings. The van der Waals surface area contributed by atoms with Gasteiger partial charge in [0.1, 0.15) is 5.75 Å². The fourth-order valence-electron chi connectivity index (χ4n) is 2.59. The summed E-state index contributed by atoms with van der Waals surface area (Å²) in [6, 6.07) is 8.00. The normalized spacial score (nSPS) is 18.5. The molecular weight excluding hydrogens is 242 g/mol. The van der Waals surface area contributed by atoms with Crippen LogP contribution in [0.25, 0.3) is 0 Å². The molecule has 19 heavy (non-hydrogen) atoms. The van der Waals surface area contributed by atoms with Gasteiger partial charge in [-0.1, -0.05) is 18.2 Å². The molecule has 4 nitrogen and oxygen atoms in total. The number of methoxy groups -OCH3 is 1. The van der Waals surface area contributed by atoms with Crippen LogP contribution in [0.1, 0.15) is 18.4 Å². The van der Waals surface area contributed by atoms with Gasteiger partial charge < -0.3 is 14.6 Å². The van der Waals surface area contributed by atoms with Gasteiger partial charge in [-0.25, -0.2) is 0 Å². The average Bonchev–Trinajstić information content (AvgIpc) is 2.39. The quantitative estimate of drug-likeness (QED) is 0.879. The standard InChI is InChI=1S/C15H23NO3/c1-16(12-15(17)7-9-19-10-8-15)11-13-5-3-4-6-14(13)18-2/h3-6,17H,7-12H2,1-2H3. The van der Waals surface area contributed by atoms with Crippen molar-refractivity contribution in [3.05, 3.63) is 29.8 Å². The molecule has 4 heteroatoms. The van der Waals surface area contributed by atoms with Gasteiger partial charge in [0, 0.05) is 44.7 Å². The minimum Gasteiger partial charge on any atom is -0.496 e. The zero-order valence-corrected chi connectivity index (χ0v) is 11.8. The maximum Gasteiger partial charge on any atom is 0.123 e. The Morgan fingerprint density at radius 1 is 1.32 bits per heavy atom. The second-order valence-electron chi connectivity index (χ2n) is 5.32. The van der Waals surface area contributed by atoms with Crippen LogP contribution >= 0.6 is 0 Å². The summed E-state index contributed by atoms with van der Waals surface area (Å²) in [5, 5.41) is 10.5. The van der Waals surface area contributed by atoms with Gasteiger partial charge >= 0.3 is 0 Å². The Morgan fingerprint density at radius 2 is 2.00 bits per heavy atom. The smallest absolute Gasteiger partial charge is 0.123 e. The van der Waals surface area contributed by atoms with Crippen molar-refractivity contribution in [3.63, 3.8) is 0 Å². The number of hydrogen-bond donors (Lipinski definition) is 1. The van der Waals surface area contributed by atoms with Crippen LogP contribution < -0.4 is 4.74 Å². The second-order valence-corrected chi connectivity index (χ2v) is 5.32. The highest BCUT2D eigenvalue weighted by Crippen LogP contribution is 2.24. The fourth-order valence-corrected chi connectivity index (χ4v) is 2.59. The molecule has 0 bridgehead atoms. The molecule has 0 atom stereocenters. The molecule has 0 aliphatic carbocycles. The summed E-state index contributed by atoms with van der Waals surface area (Å²) in [6.07, 6.45) is 1.42. The van der Waals surface area contributed by atoms with Gasteiger partial charge in [-0.3, -0.25) is 4.90 Å². The molecular formula is C15H23NO3. The van der Waals surface area contributed by atoms with Crippen LogP contribution in [0.15, 0.2) is 24.3 Å². The number of hydrogen-bond acceptors (Lipinski definition) is 4. The lowest BCUT2D eigenvalue weighted by atomic mass is 9.94. The van der Waals surface area contributed by atoms with E-state index < -0.39 is 5.60 Å². The molecule has 1 heterocycles. The second kappa shape index (κ2) is 6.37. The molecule has 0 unspecified atom stereocenters. The number of para-hydroxylation sites is 1. The molecule has 106 valence electrons. The first kappa shape index (κ1) is 14.3. The summed E-state index contributed by atoms with van der Waals surface area (Å²) >= 11 is 0. The summed E-state index contributed by atoms with van der Waals surface area (Å²) < 4.78 is 10.7. The van der Waals surface area contributed by atoms with Gasteiger partial charge in [-0.15, -0.1) is 0 Å². The Hall–Kier alpha value is -1.10. The van der Waals surface area contributed by atoms with Crippen molar-refractivity contribution >= 4 is 0 Å². The first-order valence-corrected chi connectivity index (χ1v) is 6.73. The van der Waals surface area contributed by atoms with E-state index in [4.69, 9.17) is 9.47 Å². The van der Waals surface area contributed by atoms with E-state index in [1.54, 1.807) is 7.11 Å². The minimum absolute atomic E-state index is 0.616. The van der Waals surface area contributed by atoms with Crippen molar-refractivity contribution < 1.29 is 14.6 Å². The van der Waals surface area contributed by atoms with Crippen molar-refractivity contribution in [1.82, 2.24) is 4.90 Å². The predicted octanol–water partition coefficient (Wildman–Crippen LogP) is 1.67. The number of aliphatic hydroxyl groups is 1. The monoisotopic (exact) mass is 265 g/mol. The zero-order chi connectivity index (χ0) is 13.7. The number of nitrogens with zero attached hydrogens (tertiary/aromatic N) is 1. The predicted molar refractivity (Wildman–Crippen MR) is 74.3 cm³/mol. The first-order chi connectivity index (χ1) is 9.13. The summed E-state index contributed by atoms with van der Waals surface area (Å²) in [5.74, 6) is 0.897. The molecule has 0 spiro atoms. The van der Waals surface area contributed by atoms with Gasteiger partial charge in [-0.2, -0.15) is 0 Å². The van der Waals surface area contributed by atoms with E-state index >= 15 is 0 Å². The summed E-state index contributed by atoms with van der Waals surface area (Å²) in [6.45, 7) is 2.74. The van der Waals surface area contributed by atoms with Crippen LogP contribution in [0.2, 0.25) is 0 Å². The van der Waals surface area contributed by atoms with E-state index in [-0.39, 0.29) is 0 Å². The lowest BCUT2D eigenvalue weighted by Gasteiger charge is -2.35. The number of benzene rings is 1. The van der Waals surface area contributed by atoms with E-state index in [0.29, 0.717) is 32.6 Å². The Balaban J connectivity index is 1.95. The molecule has 1 aromatic carbocycles. The summed E-state index contributed by atoms with van der Waals surface area (Å²) in [5.41, 5.74) is 0.526. The Morgan fingerprint density at radius 3 is 2.68 bits per heavy atom. The van der Waals surface area contributed by atoms with Crippen molar-refractivity contribution in [2.24, 2.45) is 0 Å².